The summed E-state index contributed by atoms with van der Waals surface area (Å²) in [4.78, 5) is 18.9. The van der Waals surface area contributed by atoms with Gasteiger partial charge < -0.3 is 24.8 Å². The number of anilines is 1. The summed E-state index contributed by atoms with van der Waals surface area (Å²) in [6.07, 6.45) is 3.18. The molecule has 1 saturated heterocycles. The molecule has 0 unspecified atom stereocenters. The Morgan fingerprint density at radius 2 is 1.84 bits per heavy atom. The highest BCUT2D eigenvalue weighted by Crippen LogP contribution is 2.36. The Kier molecular flexibility index (Phi) is 7.20. The largest absolute Gasteiger partial charge is 0.496 e. The third-order valence-corrected chi connectivity index (χ3v) is 5.41. The minimum Gasteiger partial charge on any atom is -0.496 e. The third kappa shape index (κ3) is 5.18. The smallest absolute Gasteiger partial charge is 0.256 e. The van der Waals surface area contributed by atoms with Crippen molar-refractivity contribution in [2.24, 2.45) is 5.92 Å². The summed E-state index contributed by atoms with van der Waals surface area (Å²) in [7, 11) is 3.07. The number of likely N-dealkylation sites (tertiary alicyclic amines) is 1. The van der Waals surface area contributed by atoms with Crippen molar-refractivity contribution in [2.75, 3.05) is 39.6 Å². The van der Waals surface area contributed by atoms with Gasteiger partial charge in [0.05, 0.1) is 26.4 Å². The minimum absolute atomic E-state index is 0.0149. The first-order chi connectivity index (χ1) is 14.8. The van der Waals surface area contributed by atoms with E-state index in [-0.39, 0.29) is 23.3 Å². The van der Waals surface area contributed by atoms with Crippen LogP contribution in [0.3, 0.4) is 0 Å². The summed E-state index contributed by atoms with van der Waals surface area (Å²) in [5.41, 5.74) is 6.70. The van der Waals surface area contributed by atoms with Gasteiger partial charge in [-0.25, -0.2) is 9.37 Å². The number of nitrogens with zero attached hydrogens (tertiary/aromatic N) is 2. The van der Waals surface area contributed by atoms with Crippen LogP contribution in [0, 0.1) is 11.7 Å². The van der Waals surface area contributed by atoms with Crippen molar-refractivity contribution < 1.29 is 23.4 Å². The van der Waals surface area contributed by atoms with Crippen LogP contribution >= 0.6 is 0 Å². The lowest BCUT2D eigenvalue weighted by Crippen LogP contribution is -2.38. The molecule has 1 aromatic carbocycles. The molecule has 1 amide bonds. The molecule has 31 heavy (non-hydrogen) atoms. The zero-order chi connectivity index (χ0) is 22.5. The van der Waals surface area contributed by atoms with Crippen molar-refractivity contribution in [3.05, 3.63) is 41.3 Å². The molecule has 0 atom stereocenters. The minimum atomic E-state index is -0.615. The van der Waals surface area contributed by atoms with E-state index < -0.39 is 5.82 Å². The second-order valence-electron chi connectivity index (χ2n) is 8.11. The Morgan fingerprint density at radius 1 is 1.16 bits per heavy atom. The molecular formula is C23H30FN3O4. The third-order valence-electron chi connectivity index (χ3n) is 5.41. The van der Waals surface area contributed by atoms with E-state index in [1.807, 2.05) is 13.8 Å². The number of nitrogens with two attached hydrogens (primary N) is 1. The number of rotatable bonds is 7. The lowest BCUT2D eigenvalue weighted by molar-refractivity contribution is 0.0707. The van der Waals surface area contributed by atoms with Crippen LogP contribution in [-0.4, -0.2) is 49.7 Å². The van der Waals surface area contributed by atoms with Crippen LogP contribution in [0.15, 0.2) is 24.4 Å². The maximum absolute atomic E-state index is 14.8. The summed E-state index contributed by atoms with van der Waals surface area (Å²) in [5.74, 6) is 1.25. The maximum Gasteiger partial charge on any atom is 0.256 e. The molecule has 1 aromatic heterocycles. The number of nitrogen functional groups attached to an aromatic ring is 1. The van der Waals surface area contributed by atoms with Crippen molar-refractivity contribution in [3.63, 3.8) is 0 Å². The van der Waals surface area contributed by atoms with Crippen LogP contribution in [-0.2, 0) is 0 Å². The van der Waals surface area contributed by atoms with Crippen molar-refractivity contribution in [2.45, 2.75) is 32.6 Å². The molecule has 0 radical (unpaired) electrons. The molecular weight excluding hydrogens is 401 g/mol. The normalized spacial score (nSPS) is 14.6. The van der Waals surface area contributed by atoms with Gasteiger partial charge in [0.1, 0.15) is 17.4 Å². The van der Waals surface area contributed by atoms with Crippen molar-refractivity contribution in [1.82, 2.24) is 9.88 Å². The fourth-order valence-electron chi connectivity index (χ4n) is 3.74. The van der Waals surface area contributed by atoms with Crippen molar-refractivity contribution in [3.8, 4) is 17.2 Å². The van der Waals surface area contributed by atoms with E-state index in [1.54, 1.807) is 24.3 Å². The number of amides is 1. The molecule has 1 aliphatic heterocycles. The Bertz CT molecular complexity index is 927. The van der Waals surface area contributed by atoms with Gasteiger partial charge in [-0.1, -0.05) is 13.8 Å². The number of aromatic nitrogens is 1. The fourth-order valence-corrected chi connectivity index (χ4v) is 3.74. The predicted octanol–water partition coefficient (Wildman–Crippen LogP) is 3.87. The van der Waals surface area contributed by atoms with Gasteiger partial charge in [-0.15, -0.1) is 0 Å². The lowest BCUT2D eigenvalue weighted by Gasteiger charge is -2.33. The van der Waals surface area contributed by atoms with Crippen LogP contribution in [0.2, 0.25) is 0 Å². The first-order valence-electron chi connectivity index (χ1n) is 10.4. The number of ether oxygens (including phenoxy) is 3. The number of methoxy groups -OCH3 is 2. The molecule has 2 aromatic rings. The van der Waals surface area contributed by atoms with Crippen LogP contribution < -0.4 is 19.9 Å². The standard InChI is InChI=1S/C23H30FN3O4/c1-14(2)13-31-21-10-18(24)16(9-20(21)30-4)23(28)27-7-5-15(6-8-27)17-12-26-22(25)11-19(17)29-3/h9-12,14-15H,5-8,13H2,1-4H3,(H2,25,26). The molecule has 0 spiro atoms. The average molecular weight is 432 g/mol. The van der Waals surface area contributed by atoms with E-state index in [0.717, 1.165) is 18.4 Å². The fraction of sp³-hybridized carbons (Fsp3) is 0.478. The highest BCUT2D eigenvalue weighted by molar-refractivity contribution is 5.95. The number of pyridine rings is 1. The maximum atomic E-state index is 14.8. The van der Waals surface area contributed by atoms with Crippen LogP contribution in [0.25, 0.3) is 0 Å². The lowest BCUT2D eigenvalue weighted by atomic mass is 9.89. The van der Waals surface area contributed by atoms with E-state index in [4.69, 9.17) is 19.9 Å². The van der Waals surface area contributed by atoms with E-state index >= 15 is 0 Å². The number of piperidine rings is 1. The Labute approximate surface area is 182 Å². The SMILES string of the molecule is COc1cc(C(=O)N2CCC(c3cnc(N)cc3OC)CC2)c(F)cc1OCC(C)C. The van der Waals surface area contributed by atoms with Crippen molar-refractivity contribution in [1.29, 1.82) is 0 Å². The van der Waals surface area contributed by atoms with E-state index in [9.17, 15) is 9.18 Å². The summed E-state index contributed by atoms with van der Waals surface area (Å²) >= 11 is 0. The first-order valence-corrected chi connectivity index (χ1v) is 10.4. The number of hydrogen-bond acceptors (Lipinski definition) is 6. The van der Waals surface area contributed by atoms with Gasteiger partial charge in [0, 0.05) is 37.0 Å². The predicted molar refractivity (Wildman–Crippen MR) is 116 cm³/mol. The summed E-state index contributed by atoms with van der Waals surface area (Å²) in [5, 5.41) is 0. The Balaban J connectivity index is 1.72. The summed E-state index contributed by atoms with van der Waals surface area (Å²) < 4.78 is 31.1. The molecule has 2 N–H and O–H groups in total. The molecule has 1 fully saturated rings. The second kappa shape index (κ2) is 9.85. The quantitative estimate of drug-likeness (QED) is 0.716. The highest BCUT2D eigenvalue weighted by Gasteiger charge is 2.29. The molecule has 3 rings (SSSR count). The average Bonchev–Trinajstić information content (AvgIpc) is 2.77. The van der Waals surface area contributed by atoms with Crippen LogP contribution in [0.4, 0.5) is 10.2 Å². The summed E-state index contributed by atoms with van der Waals surface area (Å²) in [6, 6.07) is 4.36. The second-order valence-corrected chi connectivity index (χ2v) is 8.11. The molecule has 0 bridgehead atoms. The van der Waals surface area contributed by atoms with Gasteiger partial charge in [0.25, 0.3) is 5.91 Å². The molecule has 1 aliphatic rings. The Morgan fingerprint density at radius 3 is 2.45 bits per heavy atom. The van der Waals surface area contributed by atoms with Gasteiger partial charge in [-0.05, 0) is 30.7 Å². The molecule has 0 saturated carbocycles. The van der Waals surface area contributed by atoms with Gasteiger partial charge >= 0.3 is 0 Å². The zero-order valence-corrected chi connectivity index (χ0v) is 18.5. The number of halogens is 1. The Hall–Kier alpha value is -3.03. The van der Waals surface area contributed by atoms with Gasteiger partial charge in [0.15, 0.2) is 11.5 Å². The molecule has 7 nitrogen and oxygen atoms in total. The number of benzene rings is 1. The number of hydrogen-bond donors (Lipinski definition) is 1. The molecule has 8 heteroatoms. The zero-order valence-electron chi connectivity index (χ0n) is 18.5. The van der Waals surface area contributed by atoms with E-state index in [0.29, 0.717) is 42.8 Å². The highest BCUT2D eigenvalue weighted by atomic mass is 19.1. The first kappa shape index (κ1) is 22.7. The van der Waals surface area contributed by atoms with E-state index in [1.165, 1.54) is 19.2 Å². The van der Waals surface area contributed by atoms with E-state index in [2.05, 4.69) is 4.98 Å². The summed E-state index contributed by atoms with van der Waals surface area (Å²) in [6.45, 7) is 5.44. The molecule has 0 aliphatic carbocycles. The van der Waals surface area contributed by atoms with Crippen molar-refractivity contribution >= 4 is 11.7 Å². The van der Waals surface area contributed by atoms with Crippen LogP contribution in [0.1, 0.15) is 48.5 Å². The molecule has 2 heterocycles. The van der Waals surface area contributed by atoms with Gasteiger partial charge in [-0.2, -0.15) is 0 Å². The number of carbonyl (C=O) groups is 1. The molecule has 168 valence electrons. The topological polar surface area (TPSA) is 86.9 Å². The monoisotopic (exact) mass is 431 g/mol. The van der Waals surface area contributed by atoms with Gasteiger partial charge in [0.2, 0.25) is 0 Å². The number of carbonyl (C=O) groups excluding carboxylic acids is 1. The van der Waals surface area contributed by atoms with Gasteiger partial charge in [-0.3, -0.25) is 4.79 Å². The van der Waals surface area contributed by atoms with Crippen LogP contribution in [0.5, 0.6) is 17.2 Å².